The number of fused-ring (bicyclic) bond motifs is 1. The highest BCUT2D eigenvalue weighted by atomic mass is 16.5. The number of hydroxylamine groups is 1. The van der Waals surface area contributed by atoms with Crippen molar-refractivity contribution in [2.75, 3.05) is 5.32 Å². The number of nitrogens with one attached hydrogen (secondary N) is 2. The largest absolute Gasteiger partial charge is 0.390 e. The molecule has 0 aliphatic heterocycles. The van der Waals surface area contributed by atoms with Crippen molar-refractivity contribution in [2.45, 2.75) is 32.9 Å². The molecule has 1 atom stereocenters. The molecule has 2 aromatic heterocycles. The van der Waals surface area contributed by atoms with Crippen LogP contribution in [0.15, 0.2) is 18.2 Å². The van der Waals surface area contributed by atoms with Gasteiger partial charge in [0.05, 0.1) is 12.3 Å². The third-order valence-corrected chi connectivity index (χ3v) is 3.19. The minimum absolute atomic E-state index is 0.200. The second-order valence-electron chi connectivity index (χ2n) is 4.47. The zero-order valence-corrected chi connectivity index (χ0v) is 11.4. The normalized spacial score (nSPS) is 12.4. The molecule has 2 heterocycles. The predicted octanol–water partition coefficient (Wildman–Crippen LogP) is 0.695. The molecular formula is C13H18N4O3. The van der Waals surface area contributed by atoms with Crippen molar-refractivity contribution in [1.29, 1.82) is 0 Å². The number of nitrogens with zero attached hydrogens (tertiary/aromatic N) is 2. The van der Waals surface area contributed by atoms with Gasteiger partial charge >= 0.3 is 0 Å². The van der Waals surface area contributed by atoms with Crippen LogP contribution in [0.5, 0.6) is 0 Å². The Bertz CT molecular complexity index is 623. The molecule has 20 heavy (non-hydrogen) atoms. The summed E-state index contributed by atoms with van der Waals surface area (Å²) in [6.07, 6.45) is 0.798. The Labute approximate surface area is 116 Å². The summed E-state index contributed by atoms with van der Waals surface area (Å²) in [5.74, 6) is -0.133. The second-order valence-corrected chi connectivity index (χ2v) is 4.47. The van der Waals surface area contributed by atoms with Gasteiger partial charge in [-0.15, -0.1) is 0 Å². The maximum atomic E-state index is 11.3. The lowest BCUT2D eigenvalue weighted by molar-refractivity contribution is -0.129. The van der Waals surface area contributed by atoms with Gasteiger partial charge in [0.25, 0.3) is 5.91 Å². The summed E-state index contributed by atoms with van der Waals surface area (Å²) in [6.45, 7) is 3.41. The monoisotopic (exact) mass is 278 g/mol. The Hall–Kier alpha value is -2.12. The van der Waals surface area contributed by atoms with E-state index in [9.17, 15) is 9.90 Å². The van der Waals surface area contributed by atoms with Crippen LogP contribution in [0, 0.1) is 0 Å². The number of rotatable bonds is 5. The van der Waals surface area contributed by atoms with Crippen molar-refractivity contribution >= 4 is 17.4 Å². The van der Waals surface area contributed by atoms with E-state index in [1.165, 1.54) is 0 Å². The number of carbonyl (C=O) groups excluding carboxylic acids is 1. The first kappa shape index (κ1) is 14.3. The van der Waals surface area contributed by atoms with E-state index in [1.807, 2.05) is 29.5 Å². The number of anilines is 1. The molecule has 0 aliphatic rings. The molecule has 7 nitrogen and oxygen atoms in total. The molecule has 0 spiro atoms. The van der Waals surface area contributed by atoms with Gasteiger partial charge in [-0.2, -0.15) is 0 Å². The summed E-state index contributed by atoms with van der Waals surface area (Å²) in [7, 11) is 0. The average molecular weight is 278 g/mol. The van der Waals surface area contributed by atoms with Crippen molar-refractivity contribution in [2.24, 2.45) is 0 Å². The third-order valence-electron chi connectivity index (χ3n) is 3.19. The predicted molar refractivity (Wildman–Crippen MR) is 73.5 cm³/mol. The van der Waals surface area contributed by atoms with Crippen molar-refractivity contribution in [3.05, 3.63) is 29.6 Å². The first-order valence-electron chi connectivity index (χ1n) is 6.42. The highest BCUT2D eigenvalue weighted by Crippen LogP contribution is 2.21. The SMILES string of the molecule is CCc1cccc2nc(NC(C)C(=O)NO)c(CO)n12. The molecular weight excluding hydrogens is 260 g/mol. The van der Waals surface area contributed by atoms with Crippen molar-refractivity contribution in [3.63, 3.8) is 0 Å². The quantitative estimate of drug-likeness (QED) is 0.476. The van der Waals surface area contributed by atoms with Crippen LogP contribution < -0.4 is 10.8 Å². The van der Waals surface area contributed by atoms with Gasteiger partial charge in [-0.05, 0) is 25.5 Å². The van der Waals surface area contributed by atoms with E-state index in [0.717, 1.165) is 12.1 Å². The van der Waals surface area contributed by atoms with Crippen molar-refractivity contribution < 1.29 is 15.1 Å². The fourth-order valence-electron chi connectivity index (χ4n) is 2.13. The van der Waals surface area contributed by atoms with E-state index < -0.39 is 11.9 Å². The number of amides is 1. The number of aliphatic hydroxyl groups excluding tert-OH is 1. The first-order chi connectivity index (χ1) is 9.62. The zero-order valence-electron chi connectivity index (χ0n) is 11.4. The van der Waals surface area contributed by atoms with Gasteiger partial charge in [-0.3, -0.25) is 14.4 Å². The summed E-state index contributed by atoms with van der Waals surface area (Å²) in [5, 5.41) is 21.1. The molecule has 0 bridgehead atoms. The van der Waals surface area contributed by atoms with Crippen LogP contribution in [-0.4, -0.2) is 31.6 Å². The molecule has 2 rings (SSSR count). The van der Waals surface area contributed by atoms with Gasteiger partial charge in [-0.1, -0.05) is 13.0 Å². The highest BCUT2D eigenvalue weighted by Gasteiger charge is 2.18. The fourth-order valence-corrected chi connectivity index (χ4v) is 2.13. The van der Waals surface area contributed by atoms with Crippen molar-refractivity contribution in [1.82, 2.24) is 14.9 Å². The van der Waals surface area contributed by atoms with E-state index in [1.54, 1.807) is 12.4 Å². The van der Waals surface area contributed by atoms with Gasteiger partial charge in [0.15, 0.2) is 5.82 Å². The molecule has 4 N–H and O–H groups in total. The van der Waals surface area contributed by atoms with Crippen LogP contribution >= 0.6 is 0 Å². The molecule has 0 saturated heterocycles. The summed E-state index contributed by atoms with van der Waals surface area (Å²) in [4.78, 5) is 15.7. The number of carbonyl (C=O) groups is 1. The Balaban J connectivity index is 2.46. The number of aromatic nitrogens is 2. The maximum Gasteiger partial charge on any atom is 0.265 e. The lowest BCUT2D eigenvalue weighted by Crippen LogP contribution is -2.35. The van der Waals surface area contributed by atoms with Crippen molar-refractivity contribution in [3.8, 4) is 0 Å². The molecule has 0 aliphatic carbocycles. The highest BCUT2D eigenvalue weighted by molar-refractivity contribution is 5.83. The van der Waals surface area contributed by atoms with E-state index in [0.29, 0.717) is 17.2 Å². The topological polar surface area (TPSA) is 98.9 Å². The van der Waals surface area contributed by atoms with Crippen LogP contribution in [0.4, 0.5) is 5.82 Å². The summed E-state index contributed by atoms with van der Waals surface area (Å²) in [6, 6.07) is 5.03. The minimum atomic E-state index is -0.666. The second kappa shape index (κ2) is 5.89. The van der Waals surface area contributed by atoms with E-state index in [-0.39, 0.29) is 6.61 Å². The molecule has 2 aromatic rings. The lowest BCUT2D eigenvalue weighted by Gasteiger charge is -2.12. The van der Waals surface area contributed by atoms with Gasteiger partial charge in [0, 0.05) is 5.69 Å². The smallest absolute Gasteiger partial charge is 0.265 e. The third kappa shape index (κ3) is 2.45. The Morgan fingerprint density at radius 3 is 2.85 bits per heavy atom. The number of aliphatic hydroxyl groups is 1. The number of pyridine rings is 1. The molecule has 108 valence electrons. The molecule has 1 unspecified atom stereocenters. The van der Waals surface area contributed by atoms with Gasteiger partial charge in [-0.25, -0.2) is 10.5 Å². The van der Waals surface area contributed by atoms with Gasteiger partial charge in [0.2, 0.25) is 0 Å². The summed E-state index contributed by atoms with van der Waals surface area (Å²) < 4.78 is 1.87. The van der Waals surface area contributed by atoms with Crippen LogP contribution in [0.3, 0.4) is 0 Å². The van der Waals surface area contributed by atoms with E-state index >= 15 is 0 Å². The number of aryl methyl sites for hydroxylation is 1. The number of imidazole rings is 1. The van der Waals surface area contributed by atoms with E-state index in [4.69, 9.17) is 5.21 Å². The standard InChI is InChI=1S/C13H18N4O3/c1-3-9-5-4-6-11-15-12(10(7-18)17(9)11)14-8(2)13(19)16-20/h4-6,8,14,18,20H,3,7H2,1-2H3,(H,16,19). The molecule has 0 fully saturated rings. The molecule has 7 heteroatoms. The van der Waals surface area contributed by atoms with Crippen LogP contribution in [0.2, 0.25) is 0 Å². The van der Waals surface area contributed by atoms with Crippen LogP contribution in [-0.2, 0) is 17.8 Å². The van der Waals surface area contributed by atoms with Crippen LogP contribution in [0.1, 0.15) is 25.2 Å². The number of hydrogen-bond donors (Lipinski definition) is 4. The van der Waals surface area contributed by atoms with Crippen LogP contribution in [0.25, 0.3) is 5.65 Å². The van der Waals surface area contributed by atoms with E-state index in [2.05, 4.69) is 10.3 Å². The Morgan fingerprint density at radius 1 is 1.50 bits per heavy atom. The molecule has 0 aromatic carbocycles. The average Bonchev–Trinajstić information content (AvgIpc) is 2.83. The molecule has 0 saturated carbocycles. The lowest BCUT2D eigenvalue weighted by atomic mass is 10.2. The zero-order chi connectivity index (χ0) is 14.7. The maximum absolute atomic E-state index is 11.3. The fraction of sp³-hybridized carbons (Fsp3) is 0.385. The first-order valence-corrected chi connectivity index (χ1v) is 6.42. The van der Waals surface area contributed by atoms with Gasteiger partial charge in [0.1, 0.15) is 11.7 Å². The summed E-state index contributed by atoms with van der Waals surface area (Å²) in [5.41, 5.74) is 3.89. The Morgan fingerprint density at radius 2 is 2.25 bits per heavy atom. The molecule has 1 amide bonds. The number of hydrogen-bond acceptors (Lipinski definition) is 5. The minimum Gasteiger partial charge on any atom is -0.390 e. The van der Waals surface area contributed by atoms with Gasteiger partial charge < -0.3 is 10.4 Å². The molecule has 0 radical (unpaired) electrons. The Kier molecular flexibility index (Phi) is 4.21. The summed E-state index contributed by atoms with van der Waals surface area (Å²) >= 11 is 0.